The number of hydrazine groups is 1. The van der Waals surface area contributed by atoms with Crippen LogP contribution in [0.4, 0.5) is 17.3 Å². The van der Waals surface area contributed by atoms with E-state index in [1.54, 1.807) is 5.10 Å². The molecule has 0 bridgehead atoms. The van der Waals surface area contributed by atoms with Crippen molar-refractivity contribution in [2.75, 3.05) is 12.1 Å². The number of aromatic nitrogens is 2. The molecule has 0 amide bonds. The SMILES string of the molecule is CN(c1c([N+](=O)[O-])n[nH]c1[N+](=O)[O-])[N+](=O)[O-]. The Bertz CT molecular complexity index is 434. The Morgan fingerprint density at radius 2 is 1.75 bits per heavy atom. The van der Waals surface area contributed by atoms with Gasteiger partial charge in [-0.2, -0.15) is 0 Å². The first-order valence-corrected chi connectivity index (χ1v) is 3.61. The molecule has 1 heterocycles. The van der Waals surface area contributed by atoms with E-state index in [1.165, 1.54) is 0 Å². The van der Waals surface area contributed by atoms with E-state index in [1.807, 2.05) is 0 Å². The first kappa shape index (κ1) is 11.3. The molecule has 0 radical (unpaired) electrons. The zero-order chi connectivity index (χ0) is 12.5. The van der Waals surface area contributed by atoms with Crippen LogP contribution in [0.1, 0.15) is 0 Å². The van der Waals surface area contributed by atoms with E-state index in [9.17, 15) is 30.3 Å². The molecule has 0 saturated carbocycles. The maximum absolute atomic E-state index is 10.4. The van der Waals surface area contributed by atoms with Gasteiger partial charge in [-0.1, -0.05) is 5.01 Å². The van der Waals surface area contributed by atoms with E-state index in [2.05, 4.69) is 5.10 Å². The molecule has 0 spiro atoms. The number of hydrogen-bond acceptors (Lipinski definition) is 7. The average molecular weight is 232 g/mol. The predicted octanol–water partition coefficient (Wildman–Crippen LogP) is -0.146. The molecule has 12 nitrogen and oxygen atoms in total. The Morgan fingerprint density at radius 3 is 2.12 bits per heavy atom. The van der Waals surface area contributed by atoms with Gasteiger partial charge in [-0.3, -0.25) is 0 Å². The summed E-state index contributed by atoms with van der Waals surface area (Å²) in [5.41, 5.74) is -0.806. The van der Waals surface area contributed by atoms with Crippen molar-refractivity contribution >= 4 is 17.3 Å². The zero-order valence-corrected chi connectivity index (χ0v) is 7.69. The average Bonchev–Trinajstić information content (AvgIpc) is 2.59. The Balaban J connectivity index is 3.41. The highest BCUT2D eigenvalue weighted by Gasteiger charge is 2.39. The van der Waals surface area contributed by atoms with Gasteiger partial charge in [0, 0.05) is 0 Å². The standard InChI is InChI=1S/C4H4N6O6/c1-7(10(15)16)2-3(8(11)12)5-6-4(2)9(13)14/h1H3,(H,5,6). The summed E-state index contributed by atoms with van der Waals surface area (Å²) in [6.45, 7) is 0. The summed E-state index contributed by atoms with van der Waals surface area (Å²) in [7, 11) is 0.838. The predicted molar refractivity (Wildman–Crippen MR) is 47.3 cm³/mol. The molecule has 0 atom stereocenters. The largest absolute Gasteiger partial charge is 0.449 e. The van der Waals surface area contributed by atoms with Gasteiger partial charge >= 0.3 is 17.3 Å². The molecule has 0 unspecified atom stereocenters. The van der Waals surface area contributed by atoms with Crippen molar-refractivity contribution in [3.05, 3.63) is 30.3 Å². The summed E-state index contributed by atoms with van der Waals surface area (Å²) in [6.07, 6.45) is 0. The van der Waals surface area contributed by atoms with Gasteiger partial charge < -0.3 is 20.2 Å². The fraction of sp³-hybridized carbons (Fsp3) is 0.250. The van der Waals surface area contributed by atoms with E-state index in [0.29, 0.717) is 0 Å². The Kier molecular flexibility index (Phi) is 2.65. The quantitative estimate of drug-likeness (QED) is 0.553. The summed E-state index contributed by atoms with van der Waals surface area (Å²) >= 11 is 0. The second-order valence-electron chi connectivity index (χ2n) is 2.52. The van der Waals surface area contributed by atoms with Crippen LogP contribution in [0.5, 0.6) is 0 Å². The lowest BCUT2D eigenvalue weighted by molar-refractivity contribution is -0.493. The van der Waals surface area contributed by atoms with E-state index in [4.69, 9.17) is 0 Å². The molecule has 0 aliphatic heterocycles. The summed E-state index contributed by atoms with van der Waals surface area (Å²) in [6, 6.07) is 0. The van der Waals surface area contributed by atoms with Crippen molar-refractivity contribution in [2.45, 2.75) is 0 Å². The zero-order valence-electron chi connectivity index (χ0n) is 7.69. The van der Waals surface area contributed by atoms with Crippen LogP contribution in [-0.2, 0) is 0 Å². The molecule has 1 aromatic heterocycles. The monoisotopic (exact) mass is 232 g/mol. The minimum absolute atomic E-state index is 0.153. The van der Waals surface area contributed by atoms with Crippen LogP contribution in [0.3, 0.4) is 0 Å². The van der Waals surface area contributed by atoms with Gasteiger partial charge in [0.2, 0.25) is 0 Å². The summed E-state index contributed by atoms with van der Waals surface area (Å²) in [5, 5.41) is 35.2. The molecule has 16 heavy (non-hydrogen) atoms. The van der Waals surface area contributed by atoms with Crippen molar-refractivity contribution in [1.82, 2.24) is 10.2 Å². The Morgan fingerprint density at radius 1 is 1.19 bits per heavy atom. The molecule has 1 aromatic rings. The second-order valence-corrected chi connectivity index (χ2v) is 2.52. The lowest BCUT2D eigenvalue weighted by Crippen LogP contribution is -2.25. The lowest BCUT2D eigenvalue weighted by Gasteiger charge is -2.03. The fourth-order valence-corrected chi connectivity index (χ4v) is 0.952. The van der Waals surface area contributed by atoms with Gasteiger partial charge in [-0.15, -0.1) is 0 Å². The van der Waals surface area contributed by atoms with Crippen LogP contribution in [-0.4, -0.2) is 32.1 Å². The number of anilines is 1. The van der Waals surface area contributed by atoms with Crippen LogP contribution in [0.25, 0.3) is 0 Å². The van der Waals surface area contributed by atoms with E-state index >= 15 is 0 Å². The normalized spacial score (nSPS) is 9.81. The molecule has 86 valence electrons. The number of H-pyrrole nitrogens is 1. The number of nitrogens with zero attached hydrogens (tertiary/aromatic N) is 5. The smallest absolute Gasteiger partial charge is 0.358 e. The molecule has 12 heteroatoms. The molecule has 0 aliphatic rings. The third kappa shape index (κ3) is 1.70. The number of hydrogen-bond donors (Lipinski definition) is 1. The minimum atomic E-state index is -1.06. The van der Waals surface area contributed by atoms with Crippen LogP contribution in [0.2, 0.25) is 0 Å². The minimum Gasteiger partial charge on any atom is -0.358 e. The van der Waals surface area contributed by atoms with Gasteiger partial charge in [-0.25, -0.2) is 10.1 Å². The molecule has 0 aliphatic carbocycles. The topological polar surface area (TPSA) is 161 Å². The van der Waals surface area contributed by atoms with E-state index in [0.717, 1.165) is 7.05 Å². The van der Waals surface area contributed by atoms with Crippen molar-refractivity contribution in [3.8, 4) is 0 Å². The molecule has 0 fully saturated rings. The molecular formula is C4H4N6O6. The first-order valence-electron chi connectivity index (χ1n) is 3.61. The molecule has 1 rings (SSSR count). The van der Waals surface area contributed by atoms with Crippen LogP contribution < -0.4 is 5.01 Å². The summed E-state index contributed by atoms with van der Waals surface area (Å²) in [4.78, 5) is 29.2. The van der Waals surface area contributed by atoms with Crippen LogP contribution >= 0.6 is 0 Å². The summed E-state index contributed by atoms with van der Waals surface area (Å²) < 4.78 is 0. The highest BCUT2D eigenvalue weighted by atomic mass is 16.7. The first-order chi connectivity index (χ1) is 7.36. The van der Waals surface area contributed by atoms with E-state index < -0.39 is 32.2 Å². The number of rotatable bonds is 4. The Labute approximate surface area is 85.9 Å². The number of aromatic amines is 1. The fourth-order valence-electron chi connectivity index (χ4n) is 0.952. The highest BCUT2D eigenvalue weighted by molar-refractivity contribution is 5.67. The lowest BCUT2D eigenvalue weighted by atomic mass is 10.4. The molecule has 0 aromatic carbocycles. The third-order valence-corrected chi connectivity index (χ3v) is 1.63. The van der Waals surface area contributed by atoms with Gasteiger partial charge in [-0.05, 0) is 14.9 Å². The van der Waals surface area contributed by atoms with E-state index in [-0.39, 0.29) is 5.01 Å². The molecule has 0 saturated heterocycles. The van der Waals surface area contributed by atoms with Crippen molar-refractivity contribution in [3.63, 3.8) is 0 Å². The maximum Gasteiger partial charge on any atom is 0.449 e. The number of nitro groups is 3. The van der Waals surface area contributed by atoms with Crippen LogP contribution in [0, 0.1) is 30.3 Å². The van der Waals surface area contributed by atoms with Crippen molar-refractivity contribution in [2.24, 2.45) is 0 Å². The van der Waals surface area contributed by atoms with Crippen LogP contribution in [0.15, 0.2) is 0 Å². The van der Waals surface area contributed by atoms with Crippen molar-refractivity contribution in [1.29, 1.82) is 0 Å². The van der Waals surface area contributed by atoms with Gasteiger partial charge in [0.1, 0.15) is 5.10 Å². The third-order valence-electron chi connectivity index (χ3n) is 1.63. The van der Waals surface area contributed by atoms with Gasteiger partial charge in [0.15, 0.2) is 5.03 Å². The van der Waals surface area contributed by atoms with Gasteiger partial charge in [0.25, 0.3) is 0 Å². The molecular weight excluding hydrogens is 228 g/mol. The second kappa shape index (κ2) is 3.76. The summed E-state index contributed by atoms with van der Waals surface area (Å²) in [5.74, 6) is -1.89. The van der Waals surface area contributed by atoms with Gasteiger partial charge in [0.05, 0.1) is 7.05 Å². The number of nitrogens with one attached hydrogen (secondary N) is 1. The maximum atomic E-state index is 10.4. The Hall–Kier alpha value is -2.79. The molecule has 1 N–H and O–H groups in total. The highest BCUT2D eigenvalue weighted by Crippen LogP contribution is 2.33. The van der Waals surface area contributed by atoms with Crippen molar-refractivity contribution < 1.29 is 14.9 Å².